The van der Waals surface area contributed by atoms with E-state index in [0.717, 1.165) is 5.56 Å². The van der Waals surface area contributed by atoms with Crippen molar-refractivity contribution in [2.24, 2.45) is 0 Å². The van der Waals surface area contributed by atoms with E-state index in [-0.39, 0.29) is 0 Å². The van der Waals surface area contributed by atoms with Crippen molar-refractivity contribution in [3.05, 3.63) is 34.4 Å². The predicted octanol–water partition coefficient (Wildman–Crippen LogP) is 4.21. The molecule has 1 unspecified atom stereocenters. The Kier molecular flexibility index (Phi) is 4.79. The minimum Gasteiger partial charge on any atom is -0.302 e. The predicted molar refractivity (Wildman–Crippen MR) is 67.7 cm³/mol. The van der Waals surface area contributed by atoms with Gasteiger partial charge in [0.15, 0.2) is 0 Å². The summed E-state index contributed by atoms with van der Waals surface area (Å²) >= 11 is 0. The monoisotopic (exact) mass is 259 g/mol. The molecule has 0 radical (unpaired) electrons. The second kappa shape index (κ2) is 5.74. The average Bonchev–Trinajstić information content (AvgIpc) is 2.19. The summed E-state index contributed by atoms with van der Waals surface area (Å²) in [5.41, 5.74) is 2.74. The maximum Gasteiger partial charge on any atom is 0.407 e. The third-order valence-corrected chi connectivity index (χ3v) is 2.95. The van der Waals surface area contributed by atoms with E-state index >= 15 is 0 Å². The number of nitrogens with one attached hydrogen (secondary N) is 1. The van der Waals surface area contributed by atoms with E-state index in [9.17, 15) is 13.2 Å². The van der Waals surface area contributed by atoms with Crippen LogP contribution in [0.4, 0.5) is 13.2 Å². The van der Waals surface area contributed by atoms with Crippen LogP contribution in [0.25, 0.3) is 0 Å². The molecule has 0 spiro atoms. The highest BCUT2D eigenvalue weighted by molar-refractivity contribution is 5.40. The summed E-state index contributed by atoms with van der Waals surface area (Å²) in [6, 6.07) is 2.03. The minimum absolute atomic E-state index is 0.358. The number of halogens is 3. The number of aryl methyl sites for hydroxylation is 3. The zero-order chi connectivity index (χ0) is 13.9. The van der Waals surface area contributed by atoms with Crippen molar-refractivity contribution >= 4 is 0 Å². The van der Waals surface area contributed by atoms with Crippen LogP contribution in [0.2, 0.25) is 0 Å². The highest BCUT2D eigenvalue weighted by Gasteiger charge is 2.41. The lowest BCUT2D eigenvalue weighted by atomic mass is 9.93. The van der Waals surface area contributed by atoms with E-state index in [4.69, 9.17) is 0 Å². The van der Waals surface area contributed by atoms with E-state index in [1.165, 1.54) is 0 Å². The largest absolute Gasteiger partial charge is 0.407 e. The molecule has 0 bridgehead atoms. The van der Waals surface area contributed by atoms with E-state index < -0.39 is 12.2 Å². The molecule has 1 rings (SSSR count). The Morgan fingerprint density at radius 1 is 1.11 bits per heavy atom. The molecule has 0 fully saturated rings. The molecular weight excluding hydrogens is 239 g/mol. The standard InChI is InChI=1S/C14H20F3N/c1-5-6-18-13(14(15,16)17)12-10(3)7-9(2)8-11(12)4/h7-8,13,18H,5-6H2,1-4H3. The van der Waals surface area contributed by atoms with Gasteiger partial charge in [0.05, 0.1) is 0 Å². The first-order chi connectivity index (χ1) is 8.27. The summed E-state index contributed by atoms with van der Waals surface area (Å²) in [7, 11) is 0. The van der Waals surface area contributed by atoms with Gasteiger partial charge in [-0.1, -0.05) is 24.6 Å². The molecule has 0 aliphatic heterocycles. The van der Waals surface area contributed by atoms with E-state index in [1.54, 1.807) is 26.0 Å². The Hall–Kier alpha value is -1.03. The van der Waals surface area contributed by atoms with Crippen LogP contribution in [0.15, 0.2) is 12.1 Å². The van der Waals surface area contributed by atoms with Crippen molar-refractivity contribution < 1.29 is 13.2 Å². The fraction of sp³-hybridized carbons (Fsp3) is 0.571. The SMILES string of the molecule is CCCNC(c1c(C)cc(C)cc1C)C(F)(F)F. The van der Waals surface area contributed by atoms with E-state index in [0.29, 0.717) is 29.7 Å². The van der Waals surface area contributed by atoms with Crippen molar-refractivity contribution in [3.8, 4) is 0 Å². The van der Waals surface area contributed by atoms with Crippen molar-refractivity contribution in [2.75, 3.05) is 6.54 Å². The summed E-state index contributed by atoms with van der Waals surface area (Å²) in [6.45, 7) is 7.58. The van der Waals surface area contributed by atoms with Crippen LogP contribution in [0.1, 0.15) is 41.6 Å². The van der Waals surface area contributed by atoms with Gasteiger partial charge in [-0.2, -0.15) is 13.2 Å². The van der Waals surface area contributed by atoms with Gasteiger partial charge in [0.1, 0.15) is 6.04 Å². The Morgan fingerprint density at radius 3 is 2.00 bits per heavy atom. The van der Waals surface area contributed by atoms with Crippen molar-refractivity contribution in [3.63, 3.8) is 0 Å². The quantitative estimate of drug-likeness (QED) is 0.853. The van der Waals surface area contributed by atoms with Gasteiger partial charge >= 0.3 is 6.18 Å². The van der Waals surface area contributed by atoms with Crippen molar-refractivity contribution in [2.45, 2.75) is 46.3 Å². The molecule has 0 aliphatic carbocycles. The van der Waals surface area contributed by atoms with Crippen LogP contribution in [-0.2, 0) is 0 Å². The first kappa shape index (κ1) is 15.0. The van der Waals surface area contributed by atoms with Gasteiger partial charge in [-0.25, -0.2) is 0 Å². The molecule has 0 aliphatic rings. The van der Waals surface area contributed by atoms with Crippen LogP contribution in [0.5, 0.6) is 0 Å². The minimum atomic E-state index is -4.26. The van der Waals surface area contributed by atoms with Gasteiger partial charge in [0.2, 0.25) is 0 Å². The molecule has 1 aromatic rings. The van der Waals surface area contributed by atoms with Gasteiger partial charge in [0.25, 0.3) is 0 Å². The molecule has 102 valence electrons. The zero-order valence-corrected chi connectivity index (χ0v) is 11.3. The number of hydrogen-bond acceptors (Lipinski definition) is 1. The lowest BCUT2D eigenvalue weighted by Gasteiger charge is -2.25. The molecule has 0 saturated carbocycles. The molecule has 1 N–H and O–H groups in total. The second-order valence-electron chi connectivity index (χ2n) is 4.74. The Balaban J connectivity index is 3.21. The van der Waals surface area contributed by atoms with Crippen LogP contribution in [0.3, 0.4) is 0 Å². The van der Waals surface area contributed by atoms with Crippen molar-refractivity contribution in [1.82, 2.24) is 5.32 Å². The molecule has 1 atom stereocenters. The normalized spacial score (nSPS) is 13.7. The molecule has 0 heterocycles. The van der Waals surface area contributed by atoms with Gasteiger partial charge < -0.3 is 5.32 Å². The maximum absolute atomic E-state index is 13.1. The Labute approximate surface area is 106 Å². The number of rotatable bonds is 4. The third-order valence-electron chi connectivity index (χ3n) is 2.95. The molecule has 18 heavy (non-hydrogen) atoms. The van der Waals surface area contributed by atoms with Gasteiger partial charge in [-0.05, 0) is 50.4 Å². The molecule has 4 heteroatoms. The summed E-state index contributed by atoms with van der Waals surface area (Å²) in [5, 5.41) is 2.60. The molecule has 0 amide bonds. The summed E-state index contributed by atoms with van der Waals surface area (Å²) in [5.74, 6) is 0. The first-order valence-electron chi connectivity index (χ1n) is 6.15. The lowest BCUT2D eigenvalue weighted by molar-refractivity contribution is -0.157. The topological polar surface area (TPSA) is 12.0 Å². The fourth-order valence-corrected chi connectivity index (χ4v) is 2.32. The molecular formula is C14H20F3N. The van der Waals surface area contributed by atoms with Crippen LogP contribution in [-0.4, -0.2) is 12.7 Å². The highest BCUT2D eigenvalue weighted by Crippen LogP contribution is 2.36. The molecule has 1 nitrogen and oxygen atoms in total. The zero-order valence-electron chi connectivity index (χ0n) is 11.3. The summed E-state index contributed by atoms with van der Waals surface area (Å²) in [6.07, 6.45) is -3.59. The molecule has 1 aromatic carbocycles. The lowest BCUT2D eigenvalue weighted by Crippen LogP contribution is -2.35. The second-order valence-corrected chi connectivity index (χ2v) is 4.74. The average molecular weight is 259 g/mol. The number of alkyl halides is 3. The van der Waals surface area contributed by atoms with Crippen molar-refractivity contribution in [1.29, 1.82) is 0 Å². The summed E-state index contributed by atoms with van der Waals surface area (Å²) < 4.78 is 39.4. The van der Waals surface area contributed by atoms with Crippen LogP contribution >= 0.6 is 0 Å². The first-order valence-corrected chi connectivity index (χ1v) is 6.15. The van der Waals surface area contributed by atoms with Gasteiger partial charge in [0, 0.05) is 0 Å². The highest BCUT2D eigenvalue weighted by atomic mass is 19.4. The number of hydrogen-bond donors (Lipinski definition) is 1. The smallest absolute Gasteiger partial charge is 0.302 e. The Morgan fingerprint density at radius 2 is 1.61 bits per heavy atom. The molecule has 0 saturated heterocycles. The fourth-order valence-electron chi connectivity index (χ4n) is 2.32. The summed E-state index contributed by atoms with van der Waals surface area (Å²) in [4.78, 5) is 0. The van der Waals surface area contributed by atoms with E-state index in [1.807, 2.05) is 13.8 Å². The van der Waals surface area contributed by atoms with E-state index in [2.05, 4.69) is 5.32 Å². The molecule has 0 aromatic heterocycles. The maximum atomic E-state index is 13.1. The van der Waals surface area contributed by atoms with Crippen LogP contribution < -0.4 is 5.32 Å². The Bertz CT molecular complexity index is 387. The van der Waals surface area contributed by atoms with Crippen LogP contribution in [0, 0.1) is 20.8 Å². The third kappa shape index (κ3) is 3.48. The number of benzene rings is 1. The van der Waals surface area contributed by atoms with Gasteiger partial charge in [-0.15, -0.1) is 0 Å². The van der Waals surface area contributed by atoms with Gasteiger partial charge in [-0.3, -0.25) is 0 Å².